The highest BCUT2D eigenvalue weighted by molar-refractivity contribution is 5.32. The van der Waals surface area contributed by atoms with Crippen LogP contribution in [0.4, 0.5) is 4.39 Å². The number of piperazine rings is 1. The van der Waals surface area contributed by atoms with Crippen LogP contribution in [0.3, 0.4) is 0 Å². The van der Waals surface area contributed by atoms with E-state index < -0.39 is 6.17 Å². The van der Waals surface area contributed by atoms with Crippen molar-refractivity contribution in [2.75, 3.05) is 26.2 Å². The first kappa shape index (κ1) is 12.5. The number of hydrogen-bond donors (Lipinski definition) is 1. The van der Waals surface area contributed by atoms with Crippen LogP contribution in [0, 0.1) is 6.92 Å². The number of benzene rings is 1. The Kier molecular flexibility index (Phi) is 4.13. The number of rotatable bonds is 3. The molecule has 0 saturated carbocycles. The van der Waals surface area contributed by atoms with Crippen molar-refractivity contribution >= 4 is 0 Å². The second-order valence-electron chi connectivity index (χ2n) is 4.83. The molecule has 1 atom stereocenters. The Morgan fingerprint density at radius 2 is 2.06 bits per heavy atom. The molecule has 0 bridgehead atoms. The maximum absolute atomic E-state index is 13.3. The molecular formula is C14H21FN2. The maximum atomic E-state index is 13.3. The summed E-state index contributed by atoms with van der Waals surface area (Å²) in [6, 6.07) is 5.94. The average Bonchev–Trinajstić information content (AvgIpc) is 2.33. The maximum Gasteiger partial charge on any atom is 0.122 e. The number of nitrogens with one attached hydrogen (secondary N) is 1. The lowest BCUT2D eigenvalue weighted by atomic mass is 10.0. The van der Waals surface area contributed by atoms with E-state index in [2.05, 4.69) is 17.1 Å². The van der Waals surface area contributed by atoms with Gasteiger partial charge in [0.2, 0.25) is 0 Å². The summed E-state index contributed by atoms with van der Waals surface area (Å²) in [6.45, 7) is 8.90. The summed E-state index contributed by atoms with van der Waals surface area (Å²) < 4.78 is 13.3. The number of nitrogens with zero attached hydrogens (tertiary/aromatic N) is 1. The van der Waals surface area contributed by atoms with E-state index in [1.807, 2.05) is 18.2 Å². The van der Waals surface area contributed by atoms with Crippen molar-refractivity contribution in [2.45, 2.75) is 26.6 Å². The summed E-state index contributed by atoms with van der Waals surface area (Å²) in [5.74, 6) is 0. The van der Waals surface area contributed by atoms with Gasteiger partial charge in [-0.05, 0) is 30.5 Å². The van der Waals surface area contributed by atoms with E-state index in [1.54, 1.807) is 6.92 Å². The van der Waals surface area contributed by atoms with E-state index in [9.17, 15) is 4.39 Å². The van der Waals surface area contributed by atoms with Gasteiger partial charge in [-0.25, -0.2) is 4.39 Å². The molecule has 3 heteroatoms. The molecule has 1 aromatic rings. The van der Waals surface area contributed by atoms with Crippen molar-refractivity contribution in [1.29, 1.82) is 0 Å². The molecule has 1 aliphatic rings. The molecule has 1 heterocycles. The van der Waals surface area contributed by atoms with Gasteiger partial charge in [0.1, 0.15) is 6.17 Å². The Balaban J connectivity index is 2.10. The topological polar surface area (TPSA) is 15.3 Å². The summed E-state index contributed by atoms with van der Waals surface area (Å²) >= 11 is 0. The zero-order valence-corrected chi connectivity index (χ0v) is 10.7. The first-order valence-corrected chi connectivity index (χ1v) is 6.33. The number of halogens is 1. The summed E-state index contributed by atoms with van der Waals surface area (Å²) in [7, 11) is 0. The number of alkyl halides is 1. The molecule has 1 N–H and O–H groups in total. The molecule has 1 unspecified atom stereocenters. The first-order chi connectivity index (χ1) is 8.16. The predicted molar refractivity (Wildman–Crippen MR) is 68.8 cm³/mol. The summed E-state index contributed by atoms with van der Waals surface area (Å²) in [4.78, 5) is 2.42. The van der Waals surface area contributed by atoms with E-state index in [0.717, 1.165) is 38.3 Å². The SMILES string of the molecule is Cc1ccc(C(C)F)cc1CN1CCNCC1. The van der Waals surface area contributed by atoms with Crippen LogP contribution in [-0.2, 0) is 6.54 Å². The standard InChI is InChI=1S/C14H21FN2/c1-11-3-4-13(12(2)15)9-14(11)10-17-7-5-16-6-8-17/h3-4,9,12,16H,5-8,10H2,1-2H3. The van der Waals surface area contributed by atoms with Crippen molar-refractivity contribution in [3.05, 3.63) is 34.9 Å². The number of aryl methyl sites for hydroxylation is 1. The van der Waals surface area contributed by atoms with Crippen molar-refractivity contribution in [2.24, 2.45) is 0 Å². The molecule has 2 nitrogen and oxygen atoms in total. The molecule has 1 fully saturated rings. The zero-order valence-electron chi connectivity index (χ0n) is 10.7. The van der Waals surface area contributed by atoms with Crippen molar-refractivity contribution in [1.82, 2.24) is 10.2 Å². The molecule has 1 saturated heterocycles. The van der Waals surface area contributed by atoms with Gasteiger partial charge in [0.15, 0.2) is 0 Å². The normalized spacial score (nSPS) is 19.2. The van der Waals surface area contributed by atoms with Crippen molar-refractivity contribution < 1.29 is 4.39 Å². The minimum Gasteiger partial charge on any atom is -0.314 e. The Morgan fingerprint density at radius 3 is 2.71 bits per heavy atom. The van der Waals surface area contributed by atoms with E-state index >= 15 is 0 Å². The van der Waals surface area contributed by atoms with Crippen LogP contribution in [0.1, 0.15) is 29.8 Å². The summed E-state index contributed by atoms with van der Waals surface area (Å²) in [5, 5.41) is 3.34. The first-order valence-electron chi connectivity index (χ1n) is 6.33. The molecule has 17 heavy (non-hydrogen) atoms. The minimum atomic E-state index is -0.877. The molecule has 0 radical (unpaired) electrons. The third kappa shape index (κ3) is 3.27. The Labute approximate surface area is 103 Å². The van der Waals surface area contributed by atoms with Gasteiger partial charge in [-0.2, -0.15) is 0 Å². The van der Waals surface area contributed by atoms with E-state index in [4.69, 9.17) is 0 Å². The lowest BCUT2D eigenvalue weighted by Gasteiger charge is -2.28. The Bertz CT molecular complexity index is 370. The van der Waals surface area contributed by atoms with Crippen LogP contribution in [0.2, 0.25) is 0 Å². The van der Waals surface area contributed by atoms with Gasteiger partial charge in [-0.3, -0.25) is 4.90 Å². The molecule has 2 rings (SSSR count). The molecule has 94 valence electrons. The van der Waals surface area contributed by atoms with Crippen LogP contribution in [-0.4, -0.2) is 31.1 Å². The van der Waals surface area contributed by atoms with Crippen molar-refractivity contribution in [3.63, 3.8) is 0 Å². The van der Waals surface area contributed by atoms with Gasteiger partial charge in [0.25, 0.3) is 0 Å². The highest BCUT2D eigenvalue weighted by atomic mass is 19.1. The molecule has 0 spiro atoms. The summed E-state index contributed by atoms with van der Waals surface area (Å²) in [5.41, 5.74) is 3.31. The summed E-state index contributed by atoms with van der Waals surface area (Å²) in [6.07, 6.45) is -0.877. The minimum absolute atomic E-state index is 0.792. The van der Waals surface area contributed by atoms with Crippen LogP contribution in [0.5, 0.6) is 0 Å². The Morgan fingerprint density at radius 1 is 1.35 bits per heavy atom. The molecule has 1 aliphatic heterocycles. The molecular weight excluding hydrogens is 215 g/mol. The van der Waals surface area contributed by atoms with Crippen molar-refractivity contribution in [3.8, 4) is 0 Å². The van der Waals surface area contributed by atoms with Gasteiger partial charge in [0.05, 0.1) is 0 Å². The van der Waals surface area contributed by atoms with Crippen LogP contribution in [0.15, 0.2) is 18.2 Å². The van der Waals surface area contributed by atoms with E-state index in [0.29, 0.717) is 0 Å². The average molecular weight is 236 g/mol. The lowest BCUT2D eigenvalue weighted by Crippen LogP contribution is -2.43. The fourth-order valence-electron chi connectivity index (χ4n) is 2.22. The number of hydrogen-bond acceptors (Lipinski definition) is 2. The smallest absolute Gasteiger partial charge is 0.122 e. The zero-order chi connectivity index (χ0) is 12.3. The highest BCUT2D eigenvalue weighted by Gasteiger charge is 2.12. The molecule has 0 amide bonds. The third-order valence-corrected chi connectivity index (χ3v) is 3.44. The van der Waals surface area contributed by atoms with Gasteiger partial charge >= 0.3 is 0 Å². The lowest BCUT2D eigenvalue weighted by molar-refractivity contribution is 0.232. The van der Waals surface area contributed by atoms with E-state index in [1.165, 1.54) is 11.1 Å². The Hall–Kier alpha value is -0.930. The molecule has 0 aliphatic carbocycles. The highest BCUT2D eigenvalue weighted by Crippen LogP contribution is 2.21. The van der Waals surface area contributed by atoms with Crippen LogP contribution in [0.25, 0.3) is 0 Å². The van der Waals surface area contributed by atoms with Gasteiger partial charge in [-0.15, -0.1) is 0 Å². The fourth-order valence-corrected chi connectivity index (χ4v) is 2.22. The second kappa shape index (κ2) is 5.61. The second-order valence-corrected chi connectivity index (χ2v) is 4.83. The third-order valence-electron chi connectivity index (χ3n) is 3.44. The van der Waals surface area contributed by atoms with Crippen LogP contribution < -0.4 is 5.32 Å². The van der Waals surface area contributed by atoms with Gasteiger partial charge < -0.3 is 5.32 Å². The van der Waals surface area contributed by atoms with Gasteiger partial charge in [0, 0.05) is 32.7 Å². The fraction of sp³-hybridized carbons (Fsp3) is 0.571. The van der Waals surface area contributed by atoms with Gasteiger partial charge in [-0.1, -0.05) is 18.2 Å². The van der Waals surface area contributed by atoms with E-state index in [-0.39, 0.29) is 0 Å². The molecule has 1 aromatic carbocycles. The predicted octanol–water partition coefficient (Wildman–Crippen LogP) is 2.43. The molecule has 0 aromatic heterocycles. The quantitative estimate of drug-likeness (QED) is 0.867. The monoisotopic (exact) mass is 236 g/mol. The largest absolute Gasteiger partial charge is 0.314 e. The van der Waals surface area contributed by atoms with Crippen LogP contribution >= 0.6 is 0 Å².